The lowest BCUT2D eigenvalue weighted by Crippen LogP contribution is -2.04. The van der Waals surface area contributed by atoms with E-state index in [1.165, 1.54) is 17.8 Å². The number of nitrogen functional groups attached to an aromatic ring is 1. The normalized spacial score (nSPS) is 10.8. The van der Waals surface area contributed by atoms with Gasteiger partial charge in [0.2, 0.25) is 0 Å². The molecule has 0 aliphatic heterocycles. The van der Waals surface area contributed by atoms with Gasteiger partial charge in [-0.2, -0.15) is 8.78 Å². The quantitative estimate of drug-likeness (QED) is 0.678. The van der Waals surface area contributed by atoms with Crippen LogP contribution in [0.1, 0.15) is 11.3 Å². The fourth-order valence-electron chi connectivity index (χ4n) is 1.61. The zero-order chi connectivity index (χ0) is 14.5. The van der Waals surface area contributed by atoms with Crippen molar-refractivity contribution < 1.29 is 13.5 Å². The van der Waals surface area contributed by atoms with E-state index in [4.69, 9.17) is 5.73 Å². The lowest BCUT2D eigenvalue weighted by Gasteiger charge is -2.10. The van der Waals surface area contributed by atoms with Crippen molar-refractivity contribution in [3.8, 4) is 5.75 Å². The summed E-state index contributed by atoms with van der Waals surface area (Å²) in [4.78, 5) is 8.30. The van der Waals surface area contributed by atoms with Crippen LogP contribution < -0.4 is 10.5 Å². The van der Waals surface area contributed by atoms with E-state index in [0.29, 0.717) is 22.3 Å². The maximum Gasteiger partial charge on any atom is 0.387 e. The molecular formula is C13H13F2N3OS. The van der Waals surface area contributed by atoms with Crippen LogP contribution in [-0.2, 0) is 5.75 Å². The van der Waals surface area contributed by atoms with Crippen LogP contribution in [0, 0.1) is 6.92 Å². The summed E-state index contributed by atoms with van der Waals surface area (Å²) in [6, 6.07) is 8.31. The maximum absolute atomic E-state index is 12.3. The number of ether oxygens (including phenoxy) is 1. The number of benzene rings is 1. The molecule has 0 aliphatic rings. The molecule has 0 saturated carbocycles. The van der Waals surface area contributed by atoms with E-state index >= 15 is 0 Å². The van der Waals surface area contributed by atoms with E-state index in [1.54, 1.807) is 24.3 Å². The molecule has 0 unspecified atom stereocenters. The van der Waals surface area contributed by atoms with Crippen LogP contribution in [0.3, 0.4) is 0 Å². The number of aryl methyl sites for hydroxylation is 1. The molecule has 0 radical (unpaired) electrons. The summed E-state index contributed by atoms with van der Waals surface area (Å²) < 4.78 is 29.1. The fourth-order valence-corrected chi connectivity index (χ4v) is 2.51. The van der Waals surface area contributed by atoms with Crippen LogP contribution in [0.15, 0.2) is 35.5 Å². The lowest BCUT2D eigenvalue weighted by atomic mass is 10.2. The zero-order valence-electron chi connectivity index (χ0n) is 10.7. The van der Waals surface area contributed by atoms with E-state index in [0.717, 1.165) is 5.69 Å². The summed E-state index contributed by atoms with van der Waals surface area (Å²) in [6.45, 7) is -1.03. The summed E-state index contributed by atoms with van der Waals surface area (Å²) in [6.07, 6.45) is 0. The van der Waals surface area contributed by atoms with Crippen LogP contribution in [0.25, 0.3) is 0 Å². The first-order valence-corrected chi connectivity index (χ1v) is 6.80. The van der Waals surface area contributed by atoms with Gasteiger partial charge in [-0.25, -0.2) is 9.97 Å². The van der Waals surface area contributed by atoms with Crippen LogP contribution in [0.2, 0.25) is 0 Å². The SMILES string of the molecule is Cc1cc(N)nc(SCc2ccccc2OC(F)F)n1. The number of aromatic nitrogens is 2. The monoisotopic (exact) mass is 297 g/mol. The Kier molecular flexibility index (Phi) is 4.73. The molecule has 0 atom stereocenters. The molecule has 2 N–H and O–H groups in total. The number of nitrogens with two attached hydrogens (primary N) is 1. The number of halogens is 2. The van der Waals surface area contributed by atoms with Crippen molar-refractivity contribution in [2.45, 2.75) is 24.4 Å². The number of thioether (sulfide) groups is 1. The molecule has 0 saturated heterocycles. The summed E-state index contributed by atoms with van der Waals surface area (Å²) in [5, 5.41) is 0.509. The Morgan fingerprint density at radius 2 is 2.05 bits per heavy atom. The zero-order valence-corrected chi connectivity index (χ0v) is 11.5. The van der Waals surface area contributed by atoms with Gasteiger partial charge in [0.25, 0.3) is 0 Å². The van der Waals surface area contributed by atoms with Crippen LogP contribution in [0.4, 0.5) is 14.6 Å². The van der Waals surface area contributed by atoms with Crippen molar-refractivity contribution in [2.24, 2.45) is 0 Å². The second-order valence-corrected chi connectivity index (χ2v) is 4.93. The molecule has 1 aromatic carbocycles. The Bertz CT molecular complexity index is 575. The standard InChI is InChI=1S/C13H13F2N3OS/c1-8-6-11(16)18-13(17-8)20-7-9-4-2-3-5-10(9)19-12(14)15/h2-6,12H,7H2,1H3,(H2,16,17,18). The van der Waals surface area contributed by atoms with E-state index in [2.05, 4.69) is 14.7 Å². The second kappa shape index (κ2) is 6.51. The highest BCUT2D eigenvalue weighted by atomic mass is 32.2. The number of hydrogen-bond acceptors (Lipinski definition) is 5. The first-order valence-electron chi connectivity index (χ1n) is 5.81. The Morgan fingerprint density at radius 3 is 2.75 bits per heavy atom. The maximum atomic E-state index is 12.3. The smallest absolute Gasteiger partial charge is 0.387 e. The minimum atomic E-state index is -2.84. The number of rotatable bonds is 5. The predicted octanol–water partition coefficient (Wildman–Crippen LogP) is 3.26. The van der Waals surface area contributed by atoms with Gasteiger partial charge in [-0.3, -0.25) is 0 Å². The highest BCUT2D eigenvalue weighted by Gasteiger charge is 2.10. The Morgan fingerprint density at radius 1 is 1.30 bits per heavy atom. The van der Waals surface area contributed by atoms with Crippen LogP contribution in [-0.4, -0.2) is 16.6 Å². The average Bonchev–Trinajstić information content (AvgIpc) is 2.36. The van der Waals surface area contributed by atoms with Crippen molar-refractivity contribution in [1.29, 1.82) is 0 Å². The van der Waals surface area contributed by atoms with Crippen LogP contribution >= 0.6 is 11.8 Å². The van der Waals surface area contributed by atoms with Gasteiger partial charge in [0.15, 0.2) is 5.16 Å². The molecule has 0 aliphatic carbocycles. The van der Waals surface area contributed by atoms with Crippen molar-refractivity contribution in [2.75, 3.05) is 5.73 Å². The number of anilines is 1. The van der Waals surface area contributed by atoms with Crippen LogP contribution in [0.5, 0.6) is 5.75 Å². The first-order chi connectivity index (χ1) is 9.54. The topological polar surface area (TPSA) is 61.0 Å². The number of hydrogen-bond donors (Lipinski definition) is 1. The summed E-state index contributed by atoms with van der Waals surface area (Å²) in [7, 11) is 0. The van der Waals surface area contributed by atoms with E-state index < -0.39 is 6.61 Å². The number of para-hydroxylation sites is 1. The molecule has 0 amide bonds. The Hall–Kier alpha value is -1.89. The summed E-state index contributed by atoms with van der Waals surface area (Å²) >= 11 is 1.32. The Balaban J connectivity index is 2.10. The molecular weight excluding hydrogens is 284 g/mol. The Labute approximate surface area is 119 Å². The predicted molar refractivity (Wildman–Crippen MR) is 73.8 cm³/mol. The van der Waals surface area contributed by atoms with Crippen molar-refractivity contribution in [3.05, 3.63) is 41.6 Å². The summed E-state index contributed by atoms with van der Waals surface area (Å²) in [5.41, 5.74) is 7.05. The van der Waals surface area contributed by atoms with Gasteiger partial charge in [0.05, 0.1) is 0 Å². The molecule has 2 aromatic rings. The minimum Gasteiger partial charge on any atom is -0.435 e. The third-order valence-corrected chi connectivity index (χ3v) is 3.30. The van der Waals surface area contributed by atoms with Crippen molar-refractivity contribution in [3.63, 3.8) is 0 Å². The van der Waals surface area contributed by atoms with Gasteiger partial charge in [-0.05, 0) is 13.0 Å². The van der Waals surface area contributed by atoms with Gasteiger partial charge in [-0.15, -0.1) is 0 Å². The van der Waals surface area contributed by atoms with Gasteiger partial charge < -0.3 is 10.5 Å². The van der Waals surface area contributed by atoms with Gasteiger partial charge in [-0.1, -0.05) is 30.0 Å². The molecule has 106 valence electrons. The average molecular weight is 297 g/mol. The van der Waals surface area contributed by atoms with Gasteiger partial charge >= 0.3 is 6.61 Å². The molecule has 2 rings (SSSR count). The molecule has 1 aromatic heterocycles. The molecule has 4 nitrogen and oxygen atoms in total. The minimum absolute atomic E-state index is 0.163. The highest BCUT2D eigenvalue weighted by Crippen LogP contribution is 2.27. The molecule has 1 heterocycles. The molecule has 20 heavy (non-hydrogen) atoms. The fraction of sp³-hybridized carbons (Fsp3) is 0.231. The van der Waals surface area contributed by atoms with Crippen molar-refractivity contribution >= 4 is 17.6 Å². The molecule has 0 spiro atoms. The number of alkyl halides is 2. The van der Waals surface area contributed by atoms with Crippen molar-refractivity contribution in [1.82, 2.24) is 9.97 Å². The van der Waals surface area contributed by atoms with Gasteiger partial charge in [0, 0.05) is 23.1 Å². The highest BCUT2D eigenvalue weighted by molar-refractivity contribution is 7.98. The third kappa shape index (κ3) is 4.06. The number of nitrogens with zero attached hydrogens (tertiary/aromatic N) is 2. The summed E-state index contributed by atoms with van der Waals surface area (Å²) in [5.74, 6) is 0.971. The van der Waals surface area contributed by atoms with E-state index in [-0.39, 0.29) is 5.75 Å². The van der Waals surface area contributed by atoms with E-state index in [1.807, 2.05) is 6.92 Å². The van der Waals surface area contributed by atoms with Gasteiger partial charge in [0.1, 0.15) is 11.6 Å². The molecule has 7 heteroatoms. The molecule has 0 fully saturated rings. The lowest BCUT2D eigenvalue weighted by molar-refractivity contribution is -0.0503. The third-order valence-electron chi connectivity index (χ3n) is 2.40. The first kappa shape index (κ1) is 14.5. The largest absolute Gasteiger partial charge is 0.435 e. The molecule has 0 bridgehead atoms. The van der Waals surface area contributed by atoms with E-state index in [9.17, 15) is 8.78 Å². The second-order valence-electron chi connectivity index (χ2n) is 3.99.